The number of nitrogens with zero attached hydrogens (tertiary/aromatic N) is 2. The molecular formula is C19H17N3O2. The van der Waals surface area contributed by atoms with E-state index in [1.54, 1.807) is 43.6 Å². The lowest BCUT2D eigenvalue weighted by molar-refractivity contribution is 0.0997. The van der Waals surface area contributed by atoms with E-state index in [0.29, 0.717) is 17.1 Å². The second-order valence-corrected chi connectivity index (χ2v) is 5.41. The second kappa shape index (κ2) is 6.42. The molecule has 0 bridgehead atoms. The highest BCUT2D eigenvalue weighted by Gasteiger charge is 2.22. The minimum absolute atomic E-state index is 0.112. The molecule has 0 aliphatic rings. The van der Waals surface area contributed by atoms with E-state index in [-0.39, 0.29) is 17.0 Å². The minimum atomic E-state index is -0.382. The van der Waals surface area contributed by atoms with Crippen molar-refractivity contribution in [1.29, 1.82) is 0 Å². The fourth-order valence-electron chi connectivity index (χ4n) is 2.46. The number of nitrogen functional groups attached to an aromatic ring is 1. The Morgan fingerprint density at radius 2 is 1.54 bits per heavy atom. The van der Waals surface area contributed by atoms with E-state index in [1.807, 2.05) is 30.3 Å². The molecule has 120 valence electrons. The molecule has 1 heterocycles. The number of carbonyl (C=O) groups excluding carboxylic acids is 1. The maximum atomic E-state index is 13.1. The molecule has 0 aliphatic heterocycles. The predicted molar refractivity (Wildman–Crippen MR) is 95.4 cm³/mol. The molecule has 24 heavy (non-hydrogen) atoms. The van der Waals surface area contributed by atoms with Crippen molar-refractivity contribution in [2.24, 2.45) is 7.05 Å². The number of benzene rings is 2. The number of rotatable bonds is 3. The molecule has 0 aliphatic carbocycles. The van der Waals surface area contributed by atoms with Crippen LogP contribution in [-0.4, -0.2) is 10.5 Å². The van der Waals surface area contributed by atoms with Crippen molar-refractivity contribution < 1.29 is 4.79 Å². The molecule has 0 radical (unpaired) electrons. The Kier molecular flexibility index (Phi) is 4.16. The van der Waals surface area contributed by atoms with Crippen molar-refractivity contribution in [2.45, 2.75) is 0 Å². The molecule has 0 saturated carbocycles. The smallest absolute Gasteiger partial charge is 0.268 e. The zero-order valence-electron chi connectivity index (χ0n) is 13.2. The van der Waals surface area contributed by atoms with Gasteiger partial charge in [0, 0.05) is 30.3 Å². The van der Waals surface area contributed by atoms with Gasteiger partial charge < -0.3 is 10.3 Å². The number of para-hydroxylation sites is 1. The van der Waals surface area contributed by atoms with Crippen LogP contribution in [0.25, 0.3) is 0 Å². The molecule has 5 nitrogen and oxygen atoms in total. The SMILES string of the molecule is Cn1cccc(C(=O)N(c2ccccc2)c2ccc(N)cc2)c1=O. The monoisotopic (exact) mass is 319 g/mol. The molecule has 1 aromatic heterocycles. The maximum Gasteiger partial charge on any atom is 0.268 e. The lowest BCUT2D eigenvalue weighted by Crippen LogP contribution is -2.33. The highest BCUT2D eigenvalue weighted by atomic mass is 16.2. The van der Waals surface area contributed by atoms with Gasteiger partial charge in [-0.3, -0.25) is 14.5 Å². The van der Waals surface area contributed by atoms with Crippen molar-refractivity contribution in [3.05, 3.63) is 88.8 Å². The normalized spacial score (nSPS) is 10.4. The van der Waals surface area contributed by atoms with Gasteiger partial charge in [0.2, 0.25) is 0 Å². The summed E-state index contributed by atoms with van der Waals surface area (Å²) in [5, 5.41) is 0. The molecule has 5 heteroatoms. The standard InChI is InChI=1S/C19H17N3O2/c1-21-13-5-8-17(18(21)23)19(24)22(15-6-3-2-4-7-15)16-11-9-14(20)10-12-16/h2-13H,20H2,1H3. The van der Waals surface area contributed by atoms with Gasteiger partial charge >= 0.3 is 0 Å². The van der Waals surface area contributed by atoms with Crippen LogP contribution in [0.3, 0.4) is 0 Å². The van der Waals surface area contributed by atoms with Gasteiger partial charge in [-0.1, -0.05) is 18.2 Å². The topological polar surface area (TPSA) is 68.3 Å². The van der Waals surface area contributed by atoms with Gasteiger partial charge in [0.25, 0.3) is 11.5 Å². The summed E-state index contributed by atoms with van der Waals surface area (Å²) in [5.41, 5.74) is 7.45. The first kappa shape index (κ1) is 15.6. The van der Waals surface area contributed by atoms with E-state index < -0.39 is 0 Å². The third-order valence-electron chi connectivity index (χ3n) is 3.72. The summed E-state index contributed by atoms with van der Waals surface area (Å²) in [5.74, 6) is -0.382. The number of hydrogen-bond donors (Lipinski definition) is 1. The summed E-state index contributed by atoms with van der Waals surface area (Å²) in [6, 6.07) is 19.4. The van der Waals surface area contributed by atoms with Crippen LogP contribution >= 0.6 is 0 Å². The molecule has 0 fully saturated rings. The van der Waals surface area contributed by atoms with E-state index in [1.165, 1.54) is 15.5 Å². The largest absolute Gasteiger partial charge is 0.399 e. The number of aromatic nitrogens is 1. The summed E-state index contributed by atoms with van der Waals surface area (Å²) in [4.78, 5) is 26.9. The Balaban J connectivity index is 2.14. The van der Waals surface area contributed by atoms with Crippen LogP contribution in [-0.2, 0) is 7.05 Å². The summed E-state index contributed by atoms with van der Waals surface area (Å²) in [7, 11) is 1.62. The Hall–Kier alpha value is -3.34. The summed E-state index contributed by atoms with van der Waals surface area (Å²) in [6.07, 6.45) is 1.62. The number of nitrogens with two attached hydrogens (primary N) is 1. The number of carbonyl (C=O) groups is 1. The molecule has 1 amide bonds. The van der Waals surface area contributed by atoms with E-state index in [9.17, 15) is 9.59 Å². The molecule has 0 atom stereocenters. The fraction of sp³-hybridized carbons (Fsp3) is 0.0526. The van der Waals surface area contributed by atoms with Crippen LogP contribution in [0.2, 0.25) is 0 Å². The summed E-state index contributed by atoms with van der Waals surface area (Å²) >= 11 is 0. The fourth-order valence-corrected chi connectivity index (χ4v) is 2.46. The third-order valence-corrected chi connectivity index (χ3v) is 3.72. The van der Waals surface area contributed by atoms with Crippen molar-refractivity contribution in [1.82, 2.24) is 4.57 Å². The quantitative estimate of drug-likeness (QED) is 0.755. The van der Waals surface area contributed by atoms with E-state index in [2.05, 4.69) is 0 Å². The average Bonchev–Trinajstić information content (AvgIpc) is 2.60. The first-order valence-corrected chi connectivity index (χ1v) is 7.48. The zero-order chi connectivity index (χ0) is 17.1. The molecular weight excluding hydrogens is 302 g/mol. The number of pyridine rings is 1. The first-order valence-electron chi connectivity index (χ1n) is 7.48. The van der Waals surface area contributed by atoms with Crippen molar-refractivity contribution >= 4 is 23.0 Å². The molecule has 0 spiro atoms. The lowest BCUT2D eigenvalue weighted by Gasteiger charge is -2.23. The molecule has 3 rings (SSSR count). The van der Waals surface area contributed by atoms with Crippen LogP contribution in [0.5, 0.6) is 0 Å². The minimum Gasteiger partial charge on any atom is -0.399 e. The predicted octanol–water partition coefficient (Wildman–Crippen LogP) is 2.95. The van der Waals surface area contributed by atoms with Crippen molar-refractivity contribution in [3.63, 3.8) is 0 Å². The zero-order valence-corrected chi connectivity index (χ0v) is 13.2. The van der Waals surface area contributed by atoms with Crippen LogP contribution in [0.4, 0.5) is 17.1 Å². The number of hydrogen-bond acceptors (Lipinski definition) is 3. The Morgan fingerprint density at radius 3 is 2.21 bits per heavy atom. The number of amides is 1. The van der Waals surface area contributed by atoms with Gasteiger partial charge in [-0.2, -0.15) is 0 Å². The molecule has 0 unspecified atom stereocenters. The van der Waals surface area contributed by atoms with Gasteiger partial charge in [-0.15, -0.1) is 0 Å². The van der Waals surface area contributed by atoms with Gasteiger partial charge in [0.15, 0.2) is 0 Å². The summed E-state index contributed by atoms with van der Waals surface area (Å²) in [6.45, 7) is 0. The van der Waals surface area contributed by atoms with Crippen LogP contribution < -0.4 is 16.2 Å². The van der Waals surface area contributed by atoms with E-state index in [0.717, 1.165) is 0 Å². The Bertz CT molecular complexity index is 915. The molecule has 0 saturated heterocycles. The first-order chi connectivity index (χ1) is 11.6. The molecule has 2 aromatic carbocycles. The summed E-state index contributed by atoms with van der Waals surface area (Å²) < 4.78 is 1.39. The van der Waals surface area contributed by atoms with Gasteiger partial charge in [0.1, 0.15) is 5.56 Å². The van der Waals surface area contributed by atoms with Gasteiger partial charge in [-0.05, 0) is 48.5 Å². The van der Waals surface area contributed by atoms with Crippen LogP contribution in [0.15, 0.2) is 77.7 Å². The third kappa shape index (κ3) is 2.92. The molecule has 3 aromatic rings. The van der Waals surface area contributed by atoms with Crippen molar-refractivity contribution in [2.75, 3.05) is 10.6 Å². The van der Waals surface area contributed by atoms with Gasteiger partial charge in [-0.25, -0.2) is 0 Å². The molecule has 2 N–H and O–H groups in total. The highest BCUT2D eigenvalue weighted by molar-refractivity contribution is 6.10. The second-order valence-electron chi connectivity index (χ2n) is 5.41. The van der Waals surface area contributed by atoms with Crippen LogP contribution in [0, 0.1) is 0 Å². The van der Waals surface area contributed by atoms with E-state index >= 15 is 0 Å². The Labute approximate surface area is 139 Å². The number of anilines is 3. The Morgan fingerprint density at radius 1 is 0.917 bits per heavy atom. The lowest BCUT2D eigenvalue weighted by atomic mass is 10.1. The van der Waals surface area contributed by atoms with Crippen molar-refractivity contribution in [3.8, 4) is 0 Å². The van der Waals surface area contributed by atoms with E-state index in [4.69, 9.17) is 5.73 Å². The highest BCUT2D eigenvalue weighted by Crippen LogP contribution is 2.27. The van der Waals surface area contributed by atoms with Gasteiger partial charge in [0.05, 0.1) is 0 Å². The maximum absolute atomic E-state index is 13.1. The van der Waals surface area contributed by atoms with Crippen LogP contribution in [0.1, 0.15) is 10.4 Å². The number of aryl methyl sites for hydroxylation is 1. The average molecular weight is 319 g/mol.